The van der Waals surface area contributed by atoms with E-state index in [9.17, 15) is 0 Å². The van der Waals surface area contributed by atoms with Gasteiger partial charge in [-0.25, -0.2) is 0 Å². The van der Waals surface area contributed by atoms with Crippen molar-refractivity contribution in [3.63, 3.8) is 0 Å². The van der Waals surface area contributed by atoms with Crippen molar-refractivity contribution in [3.8, 4) is 23.1 Å². The van der Waals surface area contributed by atoms with Gasteiger partial charge in [-0.15, -0.1) is 10.2 Å². The molecule has 28 heavy (non-hydrogen) atoms. The number of pyridine rings is 1. The number of nitriles is 1. The molecule has 4 aromatic rings. The van der Waals surface area contributed by atoms with Crippen LogP contribution in [0, 0.1) is 11.3 Å². The smallest absolute Gasteiger partial charge is 0.196 e. The van der Waals surface area contributed by atoms with Crippen LogP contribution in [0.4, 0.5) is 0 Å². The van der Waals surface area contributed by atoms with Crippen molar-refractivity contribution in [2.24, 2.45) is 0 Å². The van der Waals surface area contributed by atoms with E-state index in [1.165, 1.54) is 0 Å². The first-order chi connectivity index (χ1) is 13.8. The second-order valence-electron chi connectivity index (χ2n) is 5.93. The molecule has 5 nitrogen and oxygen atoms in total. The Labute approximate surface area is 171 Å². The Kier molecular flexibility index (Phi) is 5.38. The number of para-hydroxylation sites is 1. The fraction of sp³-hybridized carbons (Fsp3) is 0.0476. The number of thioether (sulfide) groups is 1. The van der Waals surface area contributed by atoms with E-state index in [-0.39, 0.29) is 0 Å². The third-order valence-electron chi connectivity index (χ3n) is 4.09. The van der Waals surface area contributed by atoms with E-state index < -0.39 is 0 Å². The zero-order chi connectivity index (χ0) is 19.3. The molecule has 2 heterocycles. The third kappa shape index (κ3) is 3.77. The molecule has 136 valence electrons. The molecular formula is C21H14ClN5S. The second-order valence-corrected chi connectivity index (χ2v) is 7.28. The van der Waals surface area contributed by atoms with Crippen LogP contribution in [0.2, 0.25) is 5.02 Å². The van der Waals surface area contributed by atoms with E-state index in [4.69, 9.17) is 16.9 Å². The molecule has 0 amide bonds. The summed E-state index contributed by atoms with van der Waals surface area (Å²) < 4.78 is 1.95. The second kappa shape index (κ2) is 8.26. The molecule has 0 aliphatic heterocycles. The maximum atomic E-state index is 9.10. The van der Waals surface area contributed by atoms with Crippen molar-refractivity contribution < 1.29 is 0 Å². The third-order valence-corrected chi connectivity index (χ3v) is 5.41. The minimum Gasteiger partial charge on any atom is -0.268 e. The average molecular weight is 404 g/mol. The van der Waals surface area contributed by atoms with Crippen LogP contribution in [-0.4, -0.2) is 19.7 Å². The summed E-state index contributed by atoms with van der Waals surface area (Å²) in [7, 11) is 0. The summed E-state index contributed by atoms with van der Waals surface area (Å²) in [5.41, 5.74) is 3.40. The Bertz CT molecular complexity index is 1150. The minimum absolute atomic E-state index is 0.617. The Balaban J connectivity index is 1.74. The molecule has 7 heteroatoms. The van der Waals surface area contributed by atoms with Gasteiger partial charge >= 0.3 is 0 Å². The molecule has 2 aromatic carbocycles. The quantitative estimate of drug-likeness (QED) is 0.431. The number of hydrogen-bond donors (Lipinski definition) is 0. The topological polar surface area (TPSA) is 67.4 Å². The van der Waals surface area contributed by atoms with Gasteiger partial charge in [0.05, 0.1) is 22.3 Å². The van der Waals surface area contributed by atoms with E-state index >= 15 is 0 Å². The standard InChI is InChI=1S/C21H14ClN5S/c22-18-6-1-2-7-19(18)27-20(17-8-10-24-11-9-17)25-26-21(27)28-14-16-5-3-4-15(12-16)13-23/h1-12H,14H2. The van der Waals surface area contributed by atoms with E-state index in [0.29, 0.717) is 22.2 Å². The van der Waals surface area contributed by atoms with E-state index in [1.54, 1.807) is 30.2 Å². The molecule has 2 aromatic heterocycles. The van der Waals surface area contributed by atoms with Gasteiger partial charge in [0.1, 0.15) is 0 Å². The highest BCUT2D eigenvalue weighted by atomic mass is 35.5. The Morgan fingerprint density at radius 2 is 1.82 bits per heavy atom. The monoisotopic (exact) mass is 403 g/mol. The molecule has 4 rings (SSSR count). The minimum atomic E-state index is 0.617. The van der Waals surface area contributed by atoms with Crippen LogP contribution < -0.4 is 0 Å². The first-order valence-corrected chi connectivity index (χ1v) is 9.85. The number of benzene rings is 2. The summed E-state index contributed by atoms with van der Waals surface area (Å²) in [6.07, 6.45) is 3.45. The highest BCUT2D eigenvalue weighted by Crippen LogP contribution is 2.32. The van der Waals surface area contributed by atoms with Crippen LogP contribution in [-0.2, 0) is 5.75 Å². The van der Waals surface area contributed by atoms with Crippen LogP contribution in [0.5, 0.6) is 0 Å². The zero-order valence-electron chi connectivity index (χ0n) is 14.7. The molecule has 0 N–H and O–H groups in total. The molecule has 0 aliphatic carbocycles. The lowest BCUT2D eigenvalue weighted by Gasteiger charge is -2.12. The molecule has 0 spiro atoms. The van der Waals surface area contributed by atoms with Gasteiger partial charge in [-0.2, -0.15) is 5.26 Å². The van der Waals surface area contributed by atoms with Crippen LogP contribution >= 0.6 is 23.4 Å². The van der Waals surface area contributed by atoms with Gasteiger partial charge in [-0.1, -0.05) is 47.6 Å². The van der Waals surface area contributed by atoms with Crippen molar-refractivity contribution in [1.29, 1.82) is 5.26 Å². The van der Waals surface area contributed by atoms with Gasteiger partial charge in [-0.3, -0.25) is 9.55 Å². The van der Waals surface area contributed by atoms with Crippen LogP contribution in [0.3, 0.4) is 0 Å². The predicted molar refractivity (Wildman–Crippen MR) is 110 cm³/mol. The summed E-state index contributed by atoms with van der Waals surface area (Å²) >= 11 is 8.01. The Morgan fingerprint density at radius 1 is 1.00 bits per heavy atom. The number of halogens is 1. The number of nitrogens with zero attached hydrogens (tertiary/aromatic N) is 5. The molecule has 0 atom stereocenters. The summed E-state index contributed by atoms with van der Waals surface area (Å²) in [6.45, 7) is 0. The Morgan fingerprint density at radius 3 is 2.61 bits per heavy atom. The predicted octanol–water partition coefficient (Wildman–Crippen LogP) is 5.15. The van der Waals surface area contributed by atoms with E-state index in [2.05, 4.69) is 21.3 Å². The van der Waals surface area contributed by atoms with E-state index in [0.717, 1.165) is 22.0 Å². The van der Waals surface area contributed by atoms with Crippen molar-refractivity contribution in [2.45, 2.75) is 10.9 Å². The molecule has 0 saturated heterocycles. The summed E-state index contributed by atoms with van der Waals surface area (Å²) in [5.74, 6) is 1.36. The van der Waals surface area contributed by atoms with Crippen LogP contribution in [0.15, 0.2) is 78.2 Å². The summed E-state index contributed by atoms with van der Waals surface area (Å²) in [4.78, 5) is 4.07. The van der Waals surface area contributed by atoms with Crippen molar-refractivity contribution >= 4 is 23.4 Å². The molecule has 0 bridgehead atoms. The number of hydrogen-bond acceptors (Lipinski definition) is 5. The summed E-state index contributed by atoms with van der Waals surface area (Å²) in [5, 5.41) is 19.2. The van der Waals surface area contributed by atoms with Gasteiger partial charge in [0, 0.05) is 23.7 Å². The van der Waals surface area contributed by atoms with E-state index in [1.807, 2.05) is 59.2 Å². The fourth-order valence-corrected chi connectivity index (χ4v) is 3.89. The molecular weight excluding hydrogens is 390 g/mol. The lowest BCUT2D eigenvalue weighted by molar-refractivity contribution is 0.886. The maximum absolute atomic E-state index is 9.10. The zero-order valence-corrected chi connectivity index (χ0v) is 16.2. The van der Waals surface area contributed by atoms with Gasteiger partial charge in [-0.05, 0) is 42.0 Å². The van der Waals surface area contributed by atoms with Gasteiger partial charge in [0.25, 0.3) is 0 Å². The normalized spacial score (nSPS) is 10.6. The molecule has 0 aliphatic rings. The maximum Gasteiger partial charge on any atom is 0.196 e. The average Bonchev–Trinajstić information content (AvgIpc) is 3.17. The molecule has 0 unspecified atom stereocenters. The lowest BCUT2D eigenvalue weighted by atomic mass is 10.2. The SMILES string of the molecule is N#Cc1cccc(CSc2nnc(-c3ccncc3)n2-c2ccccc2Cl)c1. The first kappa shape index (κ1) is 18.2. The van der Waals surface area contributed by atoms with Crippen molar-refractivity contribution in [3.05, 3.63) is 89.2 Å². The summed E-state index contributed by atoms with van der Waals surface area (Å²) in [6, 6.07) is 21.1. The highest BCUT2D eigenvalue weighted by Gasteiger charge is 2.18. The van der Waals surface area contributed by atoms with Gasteiger partial charge < -0.3 is 0 Å². The van der Waals surface area contributed by atoms with Gasteiger partial charge in [0.15, 0.2) is 11.0 Å². The largest absolute Gasteiger partial charge is 0.268 e. The highest BCUT2D eigenvalue weighted by molar-refractivity contribution is 7.98. The van der Waals surface area contributed by atoms with Crippen molar-refractivity contribution in [2.75, 3.05) is 0 Å². The number of rotatable bonds is 5. The van der Waals surface area contributed by atoms with Gasteiger partial charge in [0.2, 0.25) is 0 Å². The molecule has 0 radical (unpaired) electrons. The Hall–Kier alpha value is -3.14. The lowest BCUT2D eigenvalue weighted by Crippen LogP contribution is -2.00. The van der Waals surface area contributed by atoms with Crippen LogP contribution in [0.25, 0.3) is 17.1 Å². The fourth-order valence-electron chi connectivity index (χ4n) is 2.78. The van der Waals surface area contributed by atoms with Crippen LogP contribution in [0.1, 0.15) is 11.1 Å². The number of aromatic nitrogens is 4. The molecule has 0 saturated carbocycles. The van der Waals surface area contributed by atoms with Crippen molar-refractivity contribution in [1.82, 2.24) is 19.7 Å². The molecule has 0 fully saturated rings. The first-order valence-electron chi connectivity index (χ1n) is 8.49.